The van der Waals surface area contributed by atoms with E-state index in [2.05, 4.69) is 41.5 Å². The van der Waals surface area contributed by atoms with Crippen LogP contribution in [0.3, 0.4) is 0 Å². The second-order valence-electron chi connectivity index (χ2n) is 6.86. The van der Waals surface area contributed by atoms with E-state index in [9.17, 15) is 4.79 Å². The van der Waals surface area contributed by atoms with Crippen molar-refractivity contribution in [2.75, 3.05) is 0 Å². The maximum absolute atomic E-state index is 10.2. The maximum atomic E-state index is 10.2. The summed E-state index contributed by atoms with van der Waals surface area (Å²) in [6.07, 6.45) is 4.28. The van der Waals surface area contributed by atoms with E-state index >= 15 is 0 Å². The normalized spacial score (nSPS) is 11.6. The van der Waals surface area contributed by atoms with Crippen LogP contribution in [-0.2, 0) is 9.78 Å². The van der Waals surface area contributed by atoms with E-state index in [0.29, 0.717) is 5.56 Å². The molecule has 23 heavy (non-hydrogen) atoms. The molecule has 1 aromatic carbocycles. The standard InChI is InChI=1S/C12H26O2.C7H6O2/c1-7-9-11(3,4)13-14-12(5,6)10-8-2;8-7(9)6-4-2-1-3-5-6/h7-10H2,1-6H3;1-5H,(H,8,9). The maximum Gasteiger partial charge on any atom is 0.335 e. The van der Waals surface area contributed by atoms with Gasteiger partial charge in [-0.25, -0.2) is 14.6 Å². The van der Waals surface area contributed by atoms with Gasteiger partial charge in [0, 0.05) is 0 Å². The average Bonchev–Trinajstić information content (AvgIpc) is 2.47. The summed E-state index contributed by atoms with van der Waals surface area (Å²) in [5, 5.41) is 8.38. The summed E-state index contributed by atoms with van der Waals surface area (Å²) in [5.74, 6) is -0.879. The van der Waals surface area contributed by atoms with E-state index in [1.165, 1.54) is 0 Å². The van der Waals surface area contributed by atoms with Gasteiger partial charge in [0.15, 0.2) is 0 Å². The van der Waals surface area contributed by atoms with Gasteiger partial charge in [-0.1, -0.05) is 44.9 Å². The van der Waals surface area contributed by atoms with Crippen LogP contribution in [0.25, 0.3) is 0 Å². The lowest BCUT2D eigenvalue weighted by atomic mass is 10.0. The third-order valence-electron chi connectivity index (χ3n) is 3.22. The molecule has 0 aliphatic rings. The van der Waals surface area contributed by atoms with Crippen LogP contribution in [0.5, 0.6) is 0 Å². The molecule has 0 fully saturated rings. The van der Waals surface area contributed by atoms with Crippen LogP contribution >= 0.6 is 0 Å². The van der Waals surface area contributed by atoms with E-state index in [1.807, 2.05) is 0 Å². The minimum atomic E-state index is -0.879. The molecule has 0 bridgehead atoms. The first-order chi connectivity index (χ1) is 10.6. The molecule has 0 aliphatic heterocycles. The molecular weight excluding hydrogens is 292 g/mol. The van der Waals surface area contributed by atoms with Crippen LogP contribution in [0.2, 0.25) is 0 Å². The Balaban J connectivity index is 0.000000459. The van der Waals surface area contributed by atoms with Crippen molar-refractivity contribution in [3.05, 3.63) is 35.9 Å². The minimum absolute atomic E-state index is 0.167. The lowest BCUT2D eigenvalue weighted by molar-refractivity contribution is -0.402. The molecule has 0 atom stereocenters. The van der Waals surface area contributed by atoms with Gasteiger partial charge in [-0.05, 0) is 52.7 Å². The van der Waals surface area contributed by atoms with Crippen molar-refractivity contribution in [1.29, 1.82) is 0 Å². The molecule has 0 aliphatic carbocycles. The van der Waals surface area contributed by atoms with E-state index < -0.39 is 5.97 Å². The predicted octanol–water partition coefficient (Wildman–Crippen LogP) is 5.48. The summed E-state index contributed by atoms with van der Waals surface area (Å²) in [6, 6.07) is 8.30. The Hall–Kier alpha value is -1.39. The lowest BCUT2D eigenvalue weighted by Gasteiger charge is -2.30. The predicted molar refractivity (Wildman–Crippen MR) is 93.5 cm³/mol. The van der Waals surface area contributed by atoms with Crippen LogP contribution in [0, 0.1) is 0 Å². The van der Waals surface area contributed by atoms with Gasteiger partial charge >= 0.3 is 5.97 Å². The van der Waals surface area contributed by atoms with E-state index in [0.717, 1.165) is 25.7 Å². The Kier molecular flexibility index (Phi) is 9.77. The third-order valence-corrected chi connectivity index (χ3v) is 3.22. The van der Waals surface area contributed by atoms with Crippen molar-refractivity contribution in [2.24, 2.45) is 0 Å². The fraction of sp³-hybridized carbons (Fsp3) is 0.632. The van der Waals surface area contributed by atoms with Gasteiger partial charge in [0.2, 0.25) is 0 Å². The summed E-state index contributed by atoms with van der Waals surface area (Å²) in [7, 11) is 0. The Labute approximate surface area is 140 Å². The summed E-state index contributed by atoms with van der Waals surface area (Å²) in [5.41, 5.74) is -0.00279. The molecule has 0 spiro atoms. The fourth-order valence-corrected chi connectivity index (χ4v) is 2.09. The summed E-state index contributed by atoms with van der Waals surface area (Å²) >= 11 is 0. The lowest BCUT2D eigenvalue weighted by Crippen LogP contribution is -2.32. The number of rotatable bonds is 8. The second-order valence-corrected chi connectivity index (χ2v) is 6.86. The number of carbonyl (C=O) groups is 1. The zero-order chi connectivity index (χ0) is 17.9. The molecule has 0 radical (unpaired) electrons. The zero-order valence-corrected chi connectivity index (χ0v) is 15.4. The number of benzene rings is 1. The number of hydrogen-bond acceptors (Lipinski definition) is 3. The van der Waals surface area contributed by atoms with Gasteiger partial charge < -0.3 is 5.11 Å². The second kappa shape index (κ2) is 10.4. The third kappa shape index (κ3) is 10.9. The topological polar surface area (TPSA) is 55.8 Å². The quantitative estimate of drug-likeness (QED) is 0.508. The SMILES string of the molecule is CCCC(C)(C)OOC(C)(C)CCC.O=C(O)c1ccccc1. The van der Waals surface area contributed by atoms with Crippen LogP contribution in [0.1, 0.15) is 77.6 Å². The van der Waals surface area contributed by atoms with E-state index in [4.69, 9.17) is 14.9 Å². The van der Waals surface area contributed by atoms with Gasteiger partial charge in [-0.3, -0.25) is 0 Å². The highest BCUT2D eigenvalue weighted by Crippen LogP contribution is 2.23. The molecule has 0 saturated carbocycles. The smallest absolute Gasteiger partial charge is 0.335 e. The first kappa shape index (κ1) is 21.6. The largest absolute Gasteiger partial charge is 0.478 e. The molecule has 1 N–H and O–H groups in total. The molecule has 4 nitrogen and oxygen atoms in total. The molecule has 4 heteroatoms. The fourth-order valence-electron chi connectivity index (χ4n) is 2.09. The Morgan fingerprint density at radius 1 is 0.913 bits per heavy atom. The Bertz CT molecular complexity index is 420. The van der Waals surface area contributed by atoms with Crippen LogP contribution < -0.4 is 0 Å². The van der Waals surface area contributed by atoms with Gasteiger partial charge in [-0.15, -0.1) is 0 Å². The van der Waals surface area contributed by atoms with Crippen molar-refractivity contribution >= 4 is 5.97 Å². The first-order valence-electron chi connectivity index (χ1n) is 8.28. The molecule has 132 valence electrons. The van der Waals surface area contributed by atoms with Gasteiger partial charge in [0.1, 0.15) is 0 Å². The average molecular weight is 324 g/mol. The van der Waals surface area contributed by atoms with Crippen LogP contribution in [-0.4, -0.2) is 22.3 Å². The Morgan fingerprint density at radius 3 is 1.57 bits per heavy atom. The zero-order valence-electron chi connectivity index (χ0n) is 15.4. The van der Waals surface area contributed by atoms with Crippen molar-refractivity contribution < 1.29 is 19.7 Å². The number of carboxylic acid groups (broad SMARTS) is 1. The van der Waals surface area contributed by atoms with Crippen molar-refractivity contribution in [1.82, 2.24) is 0 Å². The summed E-state index contributed by atoms with van der Waals surface area (Å²) < 4.78 is 0. The molecule has 0 heterocycles. The minimum Gasteiger partial charge on any atom is -0.478 e. The molecular formula is C19H32O4. The highest BCUT2D eigenvalue weighted by molar-refractivity contribution is 5.87. The highest BCUT2D eigenvalue weighted by Gasteiger charge is 2.25. The summed E-state index contributed by atoms with van der Waals surface area (Å²) in [6.45, 7) is 12.6. The van der Waals surface area contributed by atoms with Gasteiger partial charge in [-0.2, -0.15) is 0 Å². The molecule has 0 aromatic heterocycles. The van der Waals surface area contributed by atoms with Crippen LogP contribution in [0.15, 0.2) is 30.3 Å². The molecule has 0 amide bonds. The number of aromatic carboxylic acids is 1. The van der Waals surface area contributed by atoms with Crippen molar-refractivity contribution in [3.63, 3.8) is 0 Å². The Morgan fingerprint density at radius 2 is 1.30 bits per heavy atom. The molecule has 1 aromatic rings. The van der Waals surface area contributed by atoms with E-state index in [1.54, 1.807) is 30.3 Å². The number of hydrogen-bond donors (Lipinski definition) is 1. The molecule has 0 saturated heterocycles. The number of carboxylic acids is 1. The first-order valence-corrected chi connectivity index (χ1v) is 8.28. The molecule has 1 rings (SSSR count). The van der Waals surface area contributed by atoms with Crippen LogP contribution in [0.4, 0.5) is 0 Å². The van der Waals surface area contributed by atoms with Crippen molar-refractivity contribution in [2.45, 2.75) is 78.4 Å². The van der Waals surface area contributed by atoms with Gasteiger partial charge in [0.25, 0.3) is 0 Å². The molecule has 0 unspecified atom stereocenters. The monoisotopic (exact) mass is 324 g/mol. The summed E-state index contributed by atoms with van der Waals surface area (Å²) in [4.78, 5) is 21.2. The van der Waals surface area contributed by atoms with E-state index in [-0.39, 0.29) is 11.2 Å². The van der Waals surface area contributed by atoms with Gasteiger partial charge in [0.05, 0.1) is 16.8 Å². The van der Waals surface area contributed by atoms with Crippen molar-refractivity contribution in [3.8, 4) is 0 Å². The highest BCUT2D eigenvalue weighted by atomic mass is 17.2.